The van der Waals surface area contributed by atoms with Crippen molar-refractivity contribution in [1.29, 1.82) is 0 Å². The molecule has 0 saturated heterocycles. The van der Waals surface area contributed by atoms with Gasteiger partial charge in [0.15, 0.2) is 5.69 Å². The fraction of sp³-hybridized carbons (Fsp3) is 0.167. The molecule has 3 rings (SSSR count). The Labute approximate surface area is 128 Å². The van der Waals surface area contributed by atoms with Crippen molar-refractivity contribution in [2.75, 3.05) is 0 Å². The molecule has 0 atom stereocenters. The summed E-state index contributed by atoms with van der Waals surface area (Å²) in [7, 11) is 0. The third-order valence-corrected chi connectivity index (χ3v) is 3.31. The molecule has 122 valence electrons. The molecule has 0 amide bonds. The highest BCUT2D eigenvalue weighted by molar-refractivity contribution is 6.35. The number of rotatable bonds is 1. The van der Waals surface area contributed by atoms with Crippen LogP contribution in [0.3, 0.4) is 0 Å². The maximum Gasteiger partial charge on any atom is 0.450 e. The van der Waals surface area contributed by atoms with E-state index >= 15 is 0 Å². The Kier molecular flexibility index (Phi) is 3.32. The highest BCUT2D eigenvalue weighted by atomic mass is 35.5. The quantitative estimate of drug-likeness (QED) is 0.657. The molecule has 4 nitrogen and oxygen atoms in total. The van der Waals surface area contributed by atoms with Gasteiger partial charge in [0.25, 0.3) is 0 Å². The first kappa shape index (κ1) is 15.7. The van der Waals surface area contributed by atoms with Crippen LogP contribution in [0.15, 0.2) is 24.5 Å². The molecule has 3 aromatic rings. The second-order valence-corrected chi connectivity index (χ2v) is 4.98. The molecule has 23 heavy (non-hydrogen) atoms. The largest absolute Gasteiger partial charge is 0.450 e. The van der Waals surface area contributed by atoms with Crippen molar-refractivity contribution in [2.24, 2.45) is 0 Å². The molecule has 0 fully saturated rings. The van der Waals surface area contributed by atoms with E-state index in [2.05, 4.69) is 15.2 Å². The maximum atomic E-state index is 13.0. The molecule has 0 spiro atoms. The predicted molar refractivity (Wildman–Crippen MR) is 68.2 cm³/mol. The van der Waals surface area contributed by atoms with Crippen molar-refractivity contribution in [3.05, 3.63) is 41.1 Å². The minimum atomic E-state index is -5.07. The van der Waals surface area contributed by atoms with E-state index in [0.29, 0.717) is 15.5 Å². The maximum absolute atomic E-state index is 13.0. The zero-order chi connectivity index (χ0) is 17.0. The lowest BCUT2D eigenvalue weighted by Gasteiger charge is -2.10. The fourth-order valence-corrected chi connectivity index (χ4v) is 2.32. The standard InChI is InChI=1S/C12H5ClF6N4/c13-7-2-6(1-5-3-20-22-9(5)7)23-4-8(11(14,15)16)21-10(23)12(17,18)19/h1-4H,(H,20,22). The minimum absolute atomic E-state index is 0.0189. The van der Waals surface area contributed by atoms with Gasteiger partial charge in [0.05, 0.1) is 16.7 Å². The summed E-state index contributed by atoms with van der Waals surface area (Å²) in [4.78, 5) is 2.67. The van der Waals surface area contributed by atoms with E-state index in [0.717, 1.165) is 6.07 Å². The number of halogens is 7. The molecule has 0 radical (unpaired) electrons. The van der Waals surface area contributed by atoms with Crippen molar-refractivity contribution in [3.8, 4) is 5.69 Å². The Bertz CT molecular complexity index is 876. The number of aromatic amines is 1. The normalized spacial score (nSPS) is 13.0. The summed E-state index contributed by atoms with van der Waals surface area (Å²) in [5, 5.41) is 6.58. The third kappa shape index (κ3) is 2.74. The topological polar surface area (TPSA) is 46.5 Å². The van der Waals surface area contributed by atoms with Crippen LogP contribution in [0.2, 0.25) is 5.02 Å². The monoisotopic (exact) mass is 354 g/mol. The van der Waals surface area contributed by atoms with Crippen molar-refractivity contribution >= 4 is 22.5 Å². The number of aromatic nitrogens is 4. The molecule has 0 unspecified atom stereocenters. The number of hydrogen-bond donors (Lipinski definition) is 1. The Morgan fingerprint density at radius 1 is 1.04 bits per heavy atom. The molecule has 0 aliphatic rings. The average molecular weight is 355 g/mol. The fourth-order valence-electron chi connectivity index (χ4n) is 2.05. The van der Waals surface area contributed by atoms with Gasteiger partial charge in [0, 0.05) is 17.3 Å². The van der Waals surface area contributed by atoms with Crippen LogP contribution in [0.1, 0.15) is 11.5 Å². The zero-order valence-corrected chi connectivity index (χ0v) is 11.6. The van der Waals surface area contributed by atoms with Crippen LogP contribution in [-0.4, -0.2) is 19.7 Å². The van der Waals surface area contributed by atoms with Gasteiger partial charge in [0.1, 0.15) is 0 Å². The molecular weight excluding hydrogens is 350 g/mol. The summed E-state index contributed by atoms with van der Waals surface area (Å²) in [6.45, 7) is 0. The Hall–Kier alpha value is -2.23. The van der Waals surface area contributed by atoms with E-state index in [1.165, 1.54) is 12.3 Å². The van der Waals surface area contributed by atoms with Gasteiger partial charge in [0.2, 0.25) is 5.82 Å². The number of H-pyrrole nitrogens is 1. The number of hydrogen-bond acceptors (Lipinski definition) is 2. The van der Waals surface area contributed by atoms with Gasteiger partial charge in [-0.3, -0.25) is 9.67 Å². The van der Waals surface area contributed by atoms with Crippen LogP contribution in [0, 0.1) is 0 Å². The zero-order valence-electron chi connectivity index (χ0n) is 10.8. The lowest BCUT2D eigenvalue weighted by atomic mass is 10.2. The molecule has 2 aromatic heterocycles. The summed E-state index contributed by atoms with van der Waals surface area (Å²) in [6.07, 6.45) is -8.50. The number of imidazole rings is 1. The Morgan fingerprint density at radius 2 is 1.74 bits per heavy atom. The molecule has 0 aliphatic carbocycles. The molecular formula is C12H5ClF6N4. The van der Waals surface area contributed by atoms with E-state index in [1.807, 2.05) is 0 Å². The van der Waals surface area contributed by atoms with Crippen molar-refractivity contribution < 1.29 is 26.3 Å². The molecule has 1 aromatic carbocycles. The smallest absolute Gasteiger partial charge is 0.295 e. The van der Waals surface area contributed by atoms with Crippen LogP contribution >= 0.6 is 11.6 Å². The van der Waals surface area contributed by atoms with E-state index in [9.17, 15) is 26.3 Å². The van der Waals surface area contributed by atoms with Crippen molar-refractivity contribution in [3.63, 3.8) is 0 Å². The predicted octanol–water partition coefficient (Wildman–Crippen LogP) is 4.44. The van der Waals surface area contributed by atoms with Crippen molar-refractivity contribution in [1.82, 2.24) is 19.7 Å². The van der Waals surface area contributed by atoms with Crippen LogP contribution < -0.4 is 0 Å². The summed E-state index contributed by atoms with van der Waals surface area (Å²) < 4.78 is 77.3. The Balaban J connectivity index is 2.26. The van der Waals surface area contributed by atoms with E-state index in [-0.39, 0.29) is 16.9 Å². The Morgan fingerprint density at radius 3 is 2.35 bits per heavy atom. The van der Waals surface area contributed by atoms with Gasteiger partial charge in [-0.15, -0.1) is 0 Å². The molecule has 1 N–H and O–H groups in total. The van der Waals surface area contributed by atoms with Crippen LogP contribution in [-0.2, 0) is 12.4 Å². The van der Waals surface area contributed by atoms with Gasteiger partial charge >= 0.3 is 12.4 Å². The summed E-state index contributed by atoms with van der Waals surface area (Å²) in [6, 6.07) is 2.32. The van der Waals surface area contributed by atoms with E-state index in [1.54, 1.807) is 0 Å². The minimum Gasteiger partial charge on any atom is -0.295 e. The lowest BCUT2D eigenvalue weighted by molar-refractivity contribution is -0.150. The van der Waals surface area contributed by atoms with Gasteiger partial charge in [-0.25, -0.2) is 4.98 Å². The van der Waals surface area contributed by atoms with Gasteiger partial charge in [-0.05, 0) is 12.1 Å². The number of fused-ring (bicyclic) bond motifs is 1. The SMILES string of the molecule is FC(F)(F)c1cn(-c2cc(Cl)c3[nH]ncc3c2)c(C(F)(F)F)n1. The average Bonchev–Trinajstić information content (AvgIpc) is 3.03. The molecule has 11 heteroatoms. The van der Waals surface area contributed by atoms with Gasteiger partial charge in [-0.2, -0.15) is 31.4 Å². The van der Waals surface area contributed by atoms with Gasteiger partial charge < -0.3 is 0 Å². The second-order valence-electron chi connectivity index (χ2n) is 4.58. The number of alkyl halides is 6. The number of benzene rings is 1. The van der Waals surface area contributed by atoms with E-state index in [4.69, 9.17) is 11.6 Å². The first-order valence-electron chi connectivity index (χ1n) is 5.94. The summed E-state index contributed by atoms with van der Waals surface area (Å²) in [5.74, 6) is -1.69. The van der Waals surface area contributed by atoms with Crippen molar-refractivity contribution in [2.45, 2.75) is 12.4 Å². The third-order valence-electron chi connectivity index (χ3n) is 3.01. The highest BCUT2D eigenvalue weighted by Crippen LogP contribution is 2.36. The number of nitrogens with zero attached hydrogens (tertiary/aromatic N) is 3. The lowest BCUT2D eigenvalue weighted by Crippen LogP contribution is -2.14. The van der Waals surface area contributed by atoms with E-state index < -0.39 is 23.9 Å². The summed E-state index contributed by atoms with van der Waals surface area (Å²) in [5.41, 5.74) is -1.49. The molecule has 0 bridgehead atoms. The molecule has 2 heterocycles. The van der Waals surface area contributed by atoms with Crippen LogP contribution in [0.5, 0.6) is 0 Å². The van der Waals surface area contributed by atoms with Gasteiger partial charge in [-0.1, -0.05) is 11.6 Å². The molecule has 0 saturated carbocycles. The summed E-state index contributed by atoms with van der Waals surface area (Å²) >= 11 is 5.91. The van der Waals surface area contributed by atoms with Crippen LogP contribution in [0.25, 0.3) is 16.6 Å². The molecule has 0 aliphatic heterocycles. The first-order valence-corrected chi connectivity index (χ1v) is 6.32. The number of nitrogens with one attached hydrogen (secondary N) is 1. The second kappa shape index (κ2) is 4.88. The highest BCUT2D eigenvalue weighted by Gasteiger charge is 2.42. The van der Waals surface area contributed by atoms with Crippen LogP contribution in [0.4, 0.5) is 26.3 Å². The first-order chi connectivity index (χ1) is 10.6.